The van der Waals surface area contributed by atoms with Crippen molar-refractivity contribution in [1.29, 1.82) is 0 Å². The monoisotopic (exact) mass is 600 g/mol. The molecule has 0 aliphatic carbocycles. The van der Waals surface area contributed by atoms with Crippen molar-refractivity contribution in [3.8, 4) is 28.1 Å². The Hall–Kier alpha value is -4.01. The van der Waals surface area contributed by atoms with E-state index in [1.807, 2.05) is 78.2 Å². The number of carbonyl (C=O) groups excluding carboxylic acids is 2. The number of aromatic nitrogens is 1. The number of amides is 1. The number of para-hydroxylation sites is 1. The van der Waals surface area contributed by atoms with Crippen molar-refractivity contribution in [1.82, 2.24) is 4.98 Å². The van der Waals surface area contributed by atoms with Gasteiger partial charge in [0.1, 0.15) is 16.3 Å². The van der Waals surface area contributed by atoms with Crippen LogP contribution in [0.15, 0.2) is 88.7 Å². The summed E-state index contributed by atoms with van der Waals surface area (Å²) in [6.45, 7) is 2.71. The fourth-order valence-electron chi connectivity index (χ4n) is 4.22. The SMILES string of the molecule is CCCOc1ccc(-c2cc(C(=O)Nc3scc(-c4ccc(Br)cc4)c3C(=O)OC)c3ccccc3n2)cc1. The van der Waals surface area contributed by atoms with Crippen LogP contribution in [0.3, 0.4) is 0 Å². The Kier molecular flexibility index (Phi) is 8.05. The van der Waals surface area contributed by atoms with Gasteiger partial charge in [-0.3, -0.25) is 4.79 Å². The standard InChI is InChI=1S/C31H25BrN2O4S/c1-3-16-38-22-14-10-20(11-15-22)27-17-24(23-6-4-5-7-26(23)33-27)29(35)34-30-28(31(36)37-2)25(18-39-30)19-8-12-21(32)13-9-19/h4-15,17-18H,3,16H2,1-2H3,(H,34,35). The number of hydrogen-bond acceptors (Lipinski definition) is 6. The lowest BCUT2D eigenvalue weighted by Crippen LogP contribution is -2.15. The summed E-state index contributed by atoms with van der Waals surface area (Å²) in [5.41, 5.74) is 4.54. The molecule has 1 N–H and O–H groups in total. The van der Waals surface area contributed by atoms with Crippen molar-refractivity contribution in [3.63, 3.8) is 0 Å². The first-order valence-electron chi connectivity index (χ1n) is 12.4. The minimum Gasteiger partial charge on any atom is -0.494 e. The van der Waals surface area contributed by atoms with E-state index in [4.69, 9.17) is 14.5 Å². The average molecular weight is 602 g/mol. The van der Waals surface area contributed by atoms with E-state index < -0.39 is 5.97 Å². The Morgan fingerprint density at radius 1 is 0.974 bits per heavy atom. The number of halogens is 1. The first-order valence-corrected chi connectivity index (χ1v) is 14.1. The molecule has 1 amide bonds. The van der Waals surface area contributed by atoms with Gasteiger partial charge in [0.05, 0.1) is 30.5 Å². The number of rotatable bonds is 8. The number of ether oxygens (including phenoxy) is 2. The molecule has 5 aromatic rings. The molecule has 3 aromatic carbocycles. The summed E-state index contributed by atoms with van der Waals surface area (Å²) in [5.74, 6) is -0.0730. The minimum absolute atomic E-state index is 0.319. The number of carbonyl (C=O) groups is 2. The van der Waals surface area contributed by atoms with E-state index in [2.05, 4.69) is 28.2 Å². The first-order chi connectivity index (χ1) is 19.0. The van der Waals surface area contributed by atoms with Crippen molar-refractivity contribution >= 4 is 55.0 Å². The van der Waals surface area contributed by atoms with Crippen LogP contribution in [0.25, 0.3) is 33.3 Å². The molecule has 0 saturated heterocycles. The molecular weight excluding hydrogens is 576 g/mol. The number of esters is 1. The molecule has 0 atom stereocenters. The zero-order valence-electron chi connectivity index (χ0n) is 21.4. The second-order valence-corrected chi connectivity index (χ2v) is 10.5. The third kappa shape index (κ3) is 5.72. The summed E-state index contributed by atoms with van der Waals surface area (Å²) in [4.78, 5) is 31.4. The fourth-order valence-corrected chi connectivity index (χ4v) is 5.44. The van der Waals surface area contributed by atoms with E-state index in [0.717, 1.165) is 27.8 Å². The van der Waals surface area contributed by atoms with Gasteiger partial charge < -0.3 is 14.8 Å². The van der Waals surface area contributed by atoms with Gasteiger partial charge in [0.25, 0.3) is 5.91 Å². The summed E-state index contributed by atoms with van der Waals surface area (Å²) in [5, 5.41) is 5.95. The minimum atomic E-state index is -0.518. The van der Waals surface area contributed by atoms with E-state index in [0.29, 0.717) is 44.9 Å². The number of anilines is 1. The lowest BCUT2D eigenvalue weighted by molar-refractivity contribution is 0.0603. The second-order valence-electron chi connectivity index (χ2n) is 8.75. The van der Waals surface area contributed by atoms with Crippen LogP contribution in [0.1, 0.15) is 34.1 Å². The highest BCUT2D eigenvalue weighted by molar-refractivity contribution is 9.10. The van der Waals surface area contributed by atoms with Gasteiger partial charge in [-0.1, -0.05) is 53.2 Å². The zero-order valence-corrected chi connectivity index (χ0v) is 23.8. The molecule has 0 spiro atoms. The van der Waals surface area contributed by atoms with Crippen LogP contribution < -0.4 is 10.1 Å². The van der Waals surface area contributed by atoms with Gasteiger partial charge in [0.15, 0.2) is 0 Å². The smallest absolute Gasteiger partial charge is 0.341 e. The van der Waals surface area contributed by atoms with Crippen LogP contribution in [0, 0.1) is 0 Å². The number of thiophene rings is 1. The van der Waals surface area contributed by atoms with Gasteiger partial charge in [-0.2, -0.15) is 0 Å². The van der Waals surface area contributed by atoms with Crippen molar-refractivity contribution in [3.05, 3.63) is 99.8 Å². The molecule has 5 rings (SSSR count). The summed E-state index contributed by atoms with van der Waals surface area (Å²) in [6, 6.07) is 24.6. The number of benzene rings is 3. The molecule has 0 unspecified atom stereocenters. The largest absolute Gasteiger partial charge is 0.494 e. The molecule has 2 heterocycles. The fraction of sp³-hybridized carbons (Fsp3) is 0.129. The van der Waals surface area contributed by atoms with Gasteiger partial charge in [0, 0.05) is 26.4 Å². The molecule has 2 aromatic heterocycles. The van der Waals surface area contributed by atoms with Crippen LogP contribution in [0.2, 0.25) is 0 Å². The third-order valence-electron chi connectivity index (χ3n) is 6.15. The Labute approximate surface area is 238 Å². The van der Waals surface area contributed by atoms with Gasteiger partial charge in [0.2, 0.25) is 0 Å². The highest BCUT2D eigenvalue weighted by atomic mass is 79.9. The van der Waals surface area contributed by atoms with Crippen LogP contribution in [0.4, 0.5) is 5.00 Å². The van der Waals surface area contributed by atoms with Gasteiger partial charge in [-0.15, -0.1) is 11.3 Å². The van der Waals surface area contributed by atoms with Crippen LogP contribution in [-0.2, 0) is 4.74 Å². The average Bonchev–Trinajstić information content (AvgIpc) is 3.39. The Morgan fingerprint density at radius 3 is 2.41 bits per heavy atom. The lowest BCUT2D eigenvalue weighted by Gasteiger charge is -2.12. The molecule has 8 heteroatoms. The molecule has 0 radical (unpaired) electrons. The Balaban J connectivity index is 1.52. The molecule has 39 heavy (non-hydrogen) atoms. The maximum atomic E-state index is 13.7. The zero-order chi connectivity index (χ0) is 27.4. The summed E-state index contributed by atoms with van der Waals surface area (Å²) < 4.78 is 11.7. The number of pyridine rings is 1. The topological polar surface area (TPSA) is 77.5 Å². The molecular formula is C31H25BrN2O4S. The molecule has 0 bridgehead atoms. The van der Waals surface area contributed by atoms with E-state index >= 15 is 0 Å². The number of methoxy groups -OCH3 is 1. The lowest BCUT2D eigenvalue weighted by atomic mass is 10.0. The van der Waals surface area contributed by atoms with Crippen LogP contribution in [0.5, 0.6) is 5.75 Å². The van der Waals surface area contributed by atoms with E-state index in [1.54, 1.807) is 6.07 Å². The van der Waals surface area contributed by atoms with Gasteiger partial charge in [-0.05, 0) is 60.5 Å². The van der Waals surface area contributed by atoms with Crippen LogP contribution >= 0.6 is 27.3 Å². The third-order valence-corrected chi connectivity index (χ3v) is 7.57. The number of nitrogens with zero attached hydrogens (tertiary/aromatic N) is 1. The number of nitrogens with one attached hydrogen (secondary N) is 1. The van der Waals surface area contributed by atoms with Crippen molar-refractivity contribution in [2.24, 2.45) is 0 Å². The predicted molar refractivity (Wildman–Crippen MR) is 160 cm³/mol. The highest BCUT2D eigenvalue weighted by Gasteiger charge is 2.24. The molecule has 6 nitrogen and oxygen atoms in total. The quantitative estimate of drug-likeness (QED) is 0.181. The number of hydrogen-bond donors (Lipinski definition) is 1. The predicted octanol–water partition coefficient (Wildman–Crippen LogP) is 8.22. The summed E-state index contributed by atoms with van der Waals surface area (Å²) in [7, 11) is 1.33. The molecule has 0 aliphatic rings. The maximum absolute atomic E-state index is 13.7. The summed E-state index contributed by atoms with van der Waals surface area (Å²) >= 11 is 4.72. The number of fused-ring (bicyclic) bond motifs is 1. The molecule has 0 fully saturated rings. The maximum Gasteiger partial charge on any atom is 0.341 e. The van der Waals surface area contributed by atoms with Crippen molar-refractivity contribution in [2.75, 3.05) is 19.0 Å². The van der Waals surface area contributed by atoms with Gasteiger partial charge in [-0.25, -0.2) is 9.78 Å². The van der Waals surface area contributed by atoms with E-state index in [9.17, 15) is 9.59 Å². The molecule has 0 saturated carbocycles. The Bertz CT molecular complexity index is 1650. The Morgan fingerprint density at radius 2 is 1.69 bits per heavy atom. The first kappa shape index (κ1) is 26.6. The normalized spacial score (nSPS) is 10.8. The molecule has 0 aliphatic heterocycles. The summed E-state index contributed by atoms with van der Waals surface area (Å²) in [6.07, 6.45) is 0.930. The highest BCUT2D eigenvalue weighted by Crippen LogP contribution is 2.37. The van der Waals surface area contributed by atoms with Crippen molar-refractivity contribution < 1.29 is 19.1 Å². The van der Waals surface area contributed by atoms with E-state index in [1.165, 1.54) is 18.4 Å². The second kappa shape index (κ2) is 11.8. The van der Waals surface area contributed by atoms with Crippen LogP contribution in [-0.4, -0.2) is 30.6 Å². The van der Waals surface area contributed by atoms with E-state index in [-0.39, 0.29) is 5.91 Å². The molecule has 196 valence electrons. The van der Waals surface area contributed by atoms with Crippen molar-refractivity contribution in [2.45, 2.75) is 13.3 Å². The van der Waals surface area contributed by atoms with Gasteiger partial charge >= 0.3 is 5.97 Å².